The van der Waals surface area contributed by atoms with Gasteiger partial charge in [-0.25, -0.2) is 8.42 Å². The average molecular weight is 488 g/mol. The maximum Gasteiger partial charge on any atom is 0.243 e. The van der Waals surface area contributed by atoms with Crippen molar-refractivity contribution >= 4 is 10.0 Å². The maximum absolute atomic E-state index is 13.1. The minimum absolute atomic E-state index is 0.0190. The van der Waals surface area contributed by atoms with E-state index in [4.69, 9.17) is 18.7 Å². The first-order chi connectivity index (χ1) is 16.3. The molecule has 1 fully saturated rings. The van der Waals surface area contributed by atoms with Crippen molar-refractivity contribution in [2.45, 2.75) is 37.5 Å². The lowest BCUT2D eigenvalue weighted by atomic mass is 9.98. The van der Waals surface area contributed by atoms with Crippen LogP contribution in [0.25, 0.3) is 11.4 Å². The van der Waals surface area contributed by atoms with E-state index in [0.29, 0.717) is 65.4 Å². The van der Waals surface area contributed by atoms with Crippen LogP contribution in [0.4, 0.5) is 0 Å². The highest BCUT2D eigenvalue weighted by Gasteiger charge is 2.32. The molecule has 10 heteroatoms. The summed E-state index contributed by atoms with van der Waals surface area (Å²) in [6.45, 7) is 4.67. The second-order valence-corrected chi connectivity index (χ2v) is 10.2. The highest BCUT2D eigenvalue weighted by atomic mass is 32.2. The van der Waals surface area contributed by atoms with Crippen LogP contribution in [0.5, 0.6) is 17.2 Å². The number of sulfonamides is 1. The predicted octanol–water partition coefficient (Wildman–Crippen LogP) is 3.95. The Hall–Kier alpha value is -3.11. The van der Waals surface area contributed by atoms with Crippen LogP contribution in [-0.2, 0) is 10.0 Å². The van der Waals surface area contributed by atoms with E-state index in [2.05, 4.69) is 10.1 Å². The third-order valence-electron chi connectivity index (χ3n) is 6.28. The van der Waals surface area contributed by atoms with Crippen LogP contribution in [0, 0.1) is 13.8 Å². The van der Waals surface area contributed by atoms with Gasteiger partial charge in [0, 0.05) is 24.6 Å². The number of piperidine rings is 1. The number of nitrogens with zero attached hydrogens (tertiary/aromatic N) is 3. The number of hydrogen-bond acceptors (Lipinski definition) is 8. The molecular weight excluding hydrogens is 458 g/mol. The van der Waals surface area contributed by atoms with E-state index in [-0.39, 0.29) is 5.92 Å². The molecule has 0 aliphatic carbocycles. The monoisotopic (exact) mass is 487 g/mol. The van der Waals surface area contributed by atoms with E-state index in [1.165, 1.54) is 4.31 Å². The molecule has 3 aromatic rings. The molecule has 1 aliphatic rings. The van der Waals surface area contributed by atoms with Crippen LogP contribution in [0.2, 0.25) is 0 Å². The van der Waals surface area contributed by atoms with Gasteiger partial charge in [-0.1, -0.05) is 11.2 Å². The van der Waals surface area contributed by atoms with E-state index >= 15 is 0 Å². The smallest absolute Gasteiger partial charge is 0.243 e. The highest BCUT2D eigenvalue weighted by molar-refractivity contribution is 7.89. The normalized spacial score (nSPS) is 15.3. The number of aromatic nitrogens is 2. The van der Waals surface area contributed by atoms with Gasteiger partial charge >= 0.3 is 0 Å². The molecule has 1 aliphatic heterocycles. The Morgan fingerprint density at radius 3 is 2.15 bits per heavy atom. The van der Waals surface area contributed by atoms with Gasteiger partial charge in [-0.15, -0.1) is 0 Å². The Balaban J connectivity index is 1.50. The second kappa shape index (κ2) is 9.63. The lowest BCUT2D eigenvalue weighted by molar-refractivity contribution is 0.270. The number of ether oxygens (including phenoxy) is 3. The van der Waals surface area contributed by atoms with E-state index in [1.807, 2.05) is 19.9 Å². The van der Waals surface area contributed by atoms with E-state index in [9.17, 15) is 8.42 Å². The van der Waals surface area contributed by atoms with E-state index < -0.39 is 10.0 Å². The van der Waals surface area contributed by atoms with Crippen molar-refractivity contribution in [2.24, 2.45) is 0 Å². The fraction of sp³-hybridized carbons (Fsp3) is 0.417. The summed E-state index contributed by atoms with van der Waals surface area (Å²) in [5, 5.41) is 4.13. The molecule has 2 heterocycles. The average Bonchev–Trinajstić information content (AvgIpc) is 3.35. The second-order valence-electron chi connectivity index (χ2n) is 8.29. The fourth-order valence-electron chi connectivity index (χ4n) is 4.10. The predicted molar refractivity (Wildman–Crippen MR) is 126 cm³/mol. The van der Waals surface area contributed by atoms with Crippen molar-refractivity contribution in [1.82, 2.24) is 14.4 Å². The van der Waals surface area contributed by atoms with Crippen molar-refractivity contribution in [3.05, 3.63) is 47.3 Å². The quantitative estimate of drug-likeness (QED) is 0.494. The van der Waals surface area contributed by atoms with Gasteiger partial charge < -0.3 is 18.7 Å². The van der Waals surface area contributed by atoms with Crippen LogP contribution in [0.3, 0.4) is 0 Å². The SMILES string of the molecule is COc1cc(-c2noc(C3CCN(S(=O)(=O)c4ccc(C)c(C)c4)CC3)n2)cc(OC)c1OC. The fourth-order valence-corrected chi connectivity index (χ4v) is 5.65. The zero-order valence-corrected chi connectivity index (χ0v) is 20.8. The third-order valence-corrected chi connectivity index (χ3v) is 8.18. The number of rotatable bonds is 7. The maximum atomic E-state index is 13.1. The minimum Gasteiger partial charge on any atom is -0.493 e. The molecule has 0 saturated carbocycles. The van der Waals surface area contributed by atoms with Gasteiger partial charge in [-0.05, 0) is 62.1 Å². The first-order valence-corrected chi connectivity index (χ1v) is 12.4. The molecule has 0 unspecified atom stereocenters. The Morgan fingerprint density at radius 2 is 1.59 bits per heavy atom. The van der Waals surface area contributed by atoms with Crippen LogP contribution in [0.15, 0.2) is 39.8 Å². The molecule has 0 radical (unpaired) electrons. The number of aryl methyl sites for hydroxylation is 2. The summed E-state index contributed by atoms with van der Waals surface area (Å²) in [7, 11) is 1.09. The van der Waals surface area contributed by atoms with Gasteiger partial charge in [-0.2, -0.15) is 9.29 Å². The Kier molecular flexibility index (Phi) is 6.81. The molecule has 1 aromatic heterocycles. The summed E-state index contributed by atoms with van der Waals surface area (Å²) in [4.78, 5) is 4.91. The number of methoxy groups -OCH3 is 3. The molecule has 182 valence electrons. The first-order valence-electron chi connectivity index (χ1n) is 11.0. The molecule has 0 amide bonds. The molecular formula is C24H29N3O6S. The van der Waals surface area contributed by atoms with Gasteiger partial charge in [-0.3, -0.25) is 0 Å². The summed E-state index contributed by atoms with van der Waals surface area (Å²) < 4.78 is 49.5. The summed E-state index contributed by atoms with van der Waals surface area (Å²) in [6, 6.07) is 8.77. The van der Waals surface area contributed by atoms with Crippen molar-refractivity contribution in [2.75, 3.05) is 34.4 Å². The zero-order chi connectivity index (χ0) is 24.5. The van der Waals surface area contributed by atoms with Gasteiger partial charge in [0.05, 0.1) is 26.2 Å². The standard InChI is InChI=1S/C24H29N3O6S/c1-15-6-7-19(12-16(15)2)34(28,29)27-10-8-17(9-11-27)24-25-23(26-33-24)18-13-20(30-3)22(32-5)21(14-18)31-4/h6-7,12-14,17H,8-11H2,1-5H3. The molecule has 9 nitrogen and oxygen atoms in total. The van der Waals surface area contributed by atoms with Crippen molar-refractivity contribution in [3.63, 3.8) is 0 Å². The van der Waals surface area contributed by atoms with Crippen LogP contribution in [-0.4, -0.2) is 57.3 Å². The largest absolute Gasteiger partial charge is 0.493 e. The van der Waals surface area contributed by atoms with Gasteiger partial charge in [0.25, 0.3) is 0 Å². The Labute approximate surface area is 199 Å². The van der Waals surface area contributed by atoms with E-state index in [0.717, 1.165) is 11.1 Å². The third kappa shape index (κ3) is 4.47. The molecule has 4 rings (SSSR count). The molecule has 0 spiro atoms. The molecule has 34 heavy (non-hydrogen) atoms. The van der Waals surface area contributed by atoms with Crippen LogP contribution in [0.1, 0.15) is 35.8 Å². The molecule has 1 saturated heterocycles. The lowest BCUT2D eigenvalue weighted by Crippen LogP contribution is -2.38. The van der Waals surface area contributed by atoms with Crippen molar-refractivity contribution in [1.29, 1.82) is 0 Å². The Morgan fingerprint density at radius 1 is 0.941 bits per heavy atom. The molecule has 2 aromatic carbocycles. The summed E-state index contributed by atoms with van der Waals surface area (Å²) >= 11 is 0. The molecule has 0 N–H and O–H groups in total. The molecule has 0 bridgehead atoms. The topological polar surface area (TPSA) is 104 Å². The van der Waals surface area contributed by atoms with Gasteiger partial charge in [0.15, 0.2) is 11.5 Å². The van der Waals surface area contributed by atoms with Crippen molar-refractivity contribution < 1.29 is 27.2 Å². The zero-order valence-electron chi connectivity index (χ0n) is 20.0. The highest BCUT2D eigenvalue weighted by Crippen LogP contribution is 2.41. The lowest BCUT2D eigenvalue weighted by Gasteiger charge is -2.29. The number of benzene rings is 2. The summed E-state index contributed by atoms with van der Waals surface area (Å²) in [6.07, 6.45) is 1.20. The van der Waals surface area contributed by atoms with E-state index in [1.54, 1.807) is 45.6 Å². The summed E-state index contributed by atoms with van der Waals surface area (Å²) in [5.74, 6) is 2.34. The Bertz CT molecular complexity index is 1250. The van der Waals surface area contributed by atoms with Gasteiger partial charge in [0.1, 0.15) is 0 Å². The summed E-state index contributed by atoms with van der Waals surface area (Å²) in [5.41, 5.74) is 2.69. The minimum atomic E-state index is -3.54. The van der Waals surface area contributed by atoms with Crippen molar-refractivity contribution in [3.8, 4) is 28.6 Å². The first kappa shape index (κ1) is 24.0. The van der Waals surface area contributed by atoms with Crippen LogP contribution >= 0.6 is 0 Å². The van der Waals surface area contributed by atoms with Gasteiger partial charge in [0.2, 0.25) is 27.5 Å². The molecule has 0 atom stereocenters. The van der Waals surface area contributed by atoms with Crippen LogP contribution < -0.4 is 14.2 Å². The number of hydrogen-bond donors (Lipinski definition) is 0.